The second-order valence-corrected chi connectivity index (χ2v) is 4.42. The molecule has 0 aliphatic heterocycles. The molecule has 3 heterocycles. The Morgan fingerprint density at radius 2 is 2.05 bits per heavy atom. The van der Waals surface area contributed by atoms with Crippen LogP contribution in [-0.2, 0) is 0 Å². The summed E-state index contributed by atoms with van der Waals surface area (Å²) in [6.45, 7) is 0. The number of anilines is 1. The van der Waals surface area contributed by atoms with Crippen molar-refractivity contribution in [2.24, 2.45) is 0 Å². The van der Waals surface area contributed by atoms with E-state index in [1.165, 1.54) is 18.6 Å². The van der Waals surface area contributed by atoms with Crippen LogP contribution in [0.25, 0.3) is 5.82 Å². The van der Waals surface area contributed by atoms with Crippen LogP contribution in [0.4, 0.5) is 5.69 Å². The summed E-state index contributed by atoms with van der Waals surface area (Å²) in [5, 5.41) is 6.98. The molecule has 0 bridgehead atoms. The van der Waals surface area contributed by atoms with Crippen molar-refractivity contribution in [1.29, 1.82) is 0 Å². The lowest BCUT2D eigenvalue weighted by atomic mass is 10.3. The van der Waals surface area contributed by atoms with Gasteiger partial charge in [0.2, 0.25) is 0 Å². The lowest BCUT2D eigenvalue weighted by Crippen LogP contribution is -2.14. The number of hydrogen-bond acceptors (Lipinski definition) is 5. The molecule has 21 heavy (non-hydrogen) atoms. The Morgan fingerprint density at radius 1 is 1.14 bits per heavy atom. The Morgan fingerprint density at radius 3 is 2.67 bits per heavy atom. The number of carbonyl (C=O) groups is 1. The van der Waals surface area contributed by atoms with Crippen LogP contribution in [-0.4, -0.2) is 30.6 Å². The molecule has 0 aliphatic carbocycles. The van der Waals surface area contributed by atoms with Crippen molar-refractivity contribution in [2.75, 3.05) is 5.32 Å². The van der Waals surface area contributed by atoms with Crippen LogP contribution in [0.3, 0.4) is 0 Å². The first-order valence-electron chi connectivity index (χ1n) is 5.97. The predicted molar refractivity (Wildman–Crippen MR) is 76.4 cm³/mol. The Bertz CT molecular complexity index is 739. The highest BCUT2D eigenvalue weighted by atomic mass is 35.5. The van der Waals surface area contributed by atoms with Crippen LogP contribution in [0.15, 0.2) is 49.2 Å². The second-order valence-electron chi connectivity index (χ2n) is 4.03. The average Bonchev–Trinajstić information content (AvgIpc) is 3.03. The van der Waals surface area contributed by atoms with Gasteiger partial charge in [0.1, 0.15) is 10.8 Å². The van der Waals surface area contributed by atoms with Crippen molar-refractivity contribution < 1.29 is 4.79 Å². The smallest absolute Gasteiger partial charge is 0.275 e. The van der Waals surface area contributed by atoms with Gasteiger partial charge in [-0.2, -0.15) is 5.10 Å². The highest BCUT2D eigenvalue weighted by Crippen LogP contribution is 2.10. The van der Waals surface area contributed by atoms with Crippen molar-refractivity contribution in [1.82, 2.24) is 24.7 Å². The van der Waals surface area contributed by atoms with Gasteiger partial charge in [-0.1, -0.05) is 11.6 Å². The molecule has 0 spiro atoms. The predicted octanol–water partition coefficient (Wildman–Crippen LogP) is 1.96. The van der Waals surface area contributed by atoms with E-state index in [2.05, 4.69) is 25.4 Å². The topological polar surface area (TPSA) is 85.6 Å². The molecule has 0 saturated heterocycles. The minimum Gasteiger partial charge on any atom is -0.319 e. The van der Waals surface area contributed by atoms with E-state index in [-0.39, 0.29) is 16.8 Å². The van der Waals surface area contributed by atoms with E-state index in [0.717, 1.165) is 0 Å². The second kappa shape index (κ2) is 5.68. The van der Waals surface area contributed by atoms with Crippen LogP contribution < -0.4 is 5.32 Å². The molecule has 3 rings (SSSR count). The third-order valence-corrected chi connectivity index (χ3v) is 2.79. The molecule has 0 atom stereocenters. The van der Waals surface area contributed by atoms with Gasteiger partial charge in [-0.3, -0.25) is 4.79 Å². The maximum atomic E-state index is 11.9. The molecule has 1 N–H and O–H groups in total. The van der Waals surface area contributed by atoms with Crippen LogP contribution in [0.2, 0.25) is 5.15 Å². The molecule has 0 radical (unpaired) electrons. The number of nitrogens with zero attached hydrogens (tertiary/aromatic N) is 5. The van der Waals surface area contributed by atoms with Gasteiger partial charge >= 0.3 is 0 Å². The van der Waals surface area contributed by atoms with E-state index in [1.807, 2.05) is 0 Å². The first-order valence-corrected chi connectivity index (χ1v) is 6.35. The normalized spacial score (nSPS) is 10.3. The van der Waals surface area contributed by atoms with Crippen LogP contribution >= 0.6 is 11.6 Å². The Labute approximate surface area is 124 Å². The SMILES string of the molecule is O=C(Nc1ccc(-n2cccn2)nc1)c1cnc(Cl)cn1. The van der Waals surface area contributed by atoms with Gasteiger partial charge in [-0.15, -0.1) is 0 Å². The molecule has 1 amide bonds. The molecule has 0 aliphatic rings. The number of amides is 1. The molecule has 0 saturated carbocycles. The van der Waals surface area contributed by atoms with E-state index in [4.69, 9.17) is 11.6 Å². The van der Waals surface area contributed by atoms with Crippen molar-refractivity contribution in [3.63, 3.8) is 0 Å². The van der Waals surface area contributed by atoms with Crippen molar-refractivity contribution in [3.8, 4) is 5.82 Å². The number of carbonyl (C=O) groups excluding carboxylic acids is 1. The number of rotatable bonds is 3. The van der Waals surface area contributed by atoms with Gasteiger partial charge in [0, 0.05) is 12.4 Å². The highest BCUT2D eigenvalue weighted by molar-refractivity contribution is 6.29. The van der Waals surface area contributed by atoms with Gasteiger partial charge in [0.25, 0.3) is 5.91 Å². The monoisotopic (exact) mass is 300 g/mol. The molecule has 3 aromatic heterocycles. The summed E-state index contributed by atoms with van der Waals surface area (Å²) in [4.78, 5) is 23.8. The molecular formula is C13H9ClN6O. The molecule has 0 unspecified atom stereocenters. The fourth-order valence-electron chi connectivity index (χ4n) is 1.62. The quantitative estimate of drug-likeness (QED) is 0.799. The molecule has 0 fully saturated rings. The number of nitrogens with one attached hydrogen (secondary N) is 1. The Balaban J connectivity index is 1.73. The summed E-state index contributed by atoms with van der Waals surface area (Å²) >= 11 is 5.62. The maximum Gasteiger partial charge on any atom is 0.275 e. The molecule has 8 heteroatoms. The molecule has 3 aromatic rings. The summed E-state index contributed by atoms with van der Waals surface area (Å²) in [5.41, 5.74) is 0.725. The van der Waals surface area contributed by atoms with E-state index >= 15 is 0 Å². The Hall–Kier alpha value is -2.80. The maximum absolute atomic E-state index is 11.9. The zero-order chi connectivity index (χ0) is 14.7. The Kier molecular flexibility index (Phi) is 3.57. The summed E-state index contributed by atoms with van der Waals surface area (Å²) in [5.74, 6) is 0.275. The van der Waals surface area contributed by atoms with E-state index < -0.39 is 0 Å². The third kappa shape index (κ3) is 3.03. The molecule has 0 aromatic carbocycles. The van der Waals surface area contributed by atoms with Crippen LogP contribution in [0, 0.1) is 0 Å². The molecule has 7 nitrogen and oxygen atoms in total. The average molecular weight is 301 g/mol. The minimum atomic E-state index is -0.382. The van der Waals surface area contributed by atoms with Crippen molar-refractivity contribution >= 4 is 23.2 Å². The van der Waals surface area contributed by atoms with Crippen LogP contribution in [0.1, 0.15) is 10.5 Å². The lowest BCUT2D eigenvalue weighted by molar-refractivity contribution is 0.102. The minimum absolute atomic E-state index is 0.176. The first-order chi connectivity index (χ1) is 10.2. The lowest BCUT2D eigenvalue weighted by Gasteiger charge is -2.05. The summed E-state index contributed by atoms with van der Waals surface area (Å²) < 4.78 is 1.62. The van der Waals surface area contributed by atoms with Gasteiger partial charge in [0.15, 0.2) is 5.82 Å². The largest absolute Gasteiger partial charge is 0.319 e. The standard InChI is InChI=1S/C13H9ClN6O/c14-11-8-15-10(7-16-11)13(21)19-9-2-3-12(17-6-9)20-5-1-4-18-20/h1-8H,(H,19,21). The first kappa shape index (κ1) is 13.2. The number of hydrogen-bond donors (Lipinski definition) is 1. The summed E-state index contributed by atoms with van der Waals surface area (Å²) in [6, 6.07) is 5.28. The van der Waals surface area contributed by atoms with Crippen molar-refractivity contribution in [2.45, 2.75) is 0 Å². The summed E-state index contributed by atoms with van der Waals surface area (Å²) in [6.07, 6.45) is 7.61. The molecular weight excluding hydrogens is 292 g/mol. The fraction of sp³-hybridized carbons (Fsp3) is 0. The highest BCUT2D eigenvalue weighted by Gasteiger charge is 2.08. The van der Waals surface area contributed by atoms with Crippen LogP contribution in [0.5, 0.6) is 0 Å². The van der Waals surface area contributed by atoms with Gasteiger partial charge in [-0.25, -0.2) is 19.6 Å². The number of aromatic nitrogens is 5. The van der Waals surface area contributed by atoms with Crippen molar-refractivity contribution in [3.05, 3.63) is 60.0 Å². The van der Waals surface area contributed by atoms with E-state index in [1.54, 1.807) is 35.3 Å². The summed E-state index contributed by atoms with van der Waals surface area (Å²) in [7, 11) is 0. The number of halogens is 1. The van der Waals surface area contributed by atoms with E-state index in [9.17, 15) is 4.79 Å². The van der Waals surface area contributed by atoms with Gasteiger partial charge in [0.05, 0.1) is 24.3 Å². The fourth-order valence-corrected chi connectivity index (χ4v) is 1.72. The third-order valence-electron chi connectivity index (χ3n) is 2.60. The van der Waals surface area contributed by atoms with Gasteiger partial charge < -0.3 is 5.32 Å². The van der Waals surface area contributed by atoms with Gasteiger partial charge in [-0.05, 0) is 18.2 Å². The number of pyridine rings is 1. The molecule has 104 valence electrons. The zero-order valence-electron chi connectivity index (χ0n) is 10.6. The zero-order valence-corrected chi connectivity index (χ0v) is 11.4. The van der Waals surface area contributed by atoms with E-state index in [0.29, 0.717) is 11.5 Å².